The molecule has 1 heterocycles. The quantitative estimate of drug-likeness (QED) is 0.567. The minimum Gasteiger partial charge on any atom is -0.398 e. The summed E-state index contributed by atoms with van der Waals surface area (Å²) in [5.41, 5.74) is 7.39. The molecular weight excluding hydrogens is 204 g/mol. The molecule has 1 aromatic rings. The van der Waals surface area contributed by atoms with E-state index in [0.717, 1.165) is 5.56 Å². The molecular formula is C12H14N2O2. The van der Waals surface area contributed by atoms with Crippen LogP contribution in [0.5, 0.6) is 0 Å². The molecule has 2 N–H and O–H groups in total. The Morgan fingerprint density at radius 1 is 1.19 bits per heavy atom. The van der Waals surface area contributed by atoms with E-state index in [9.17, 15) is 9.59 Å². The van der Waals surface area contributed by atoms with Crippen molar-refractivity contribution in [2.75, 3.05) is 12.8 Å². The van der Waals surface area contributed by atoms with Crippen LogP contribution in [0.2, 0.25) is 0 Å². The van der Waals surface area contributed by atoms with Crippen LogP contribution in [-0.2, 0) is 9.59 Å². The van der Waals surface area contributed by atoms with E-state index >= 15 is 0 Å². The van der Waals surface area contributed by atoms with Crippen LogP contribution < -0.4 is 5.73 Å². The van der Waals surface area contributed by atoms with Crippen LogP contribution in [0.3, 0.4) is 0 Å². The second kappa shape index (κ2) is 3.96. The Morgan fingerprint density at radius 3 is 2.31 bits per heavy atom. The fourth-order valence-electron chi connectivity index (χ4n) is 2.01. The monoisotopic (exact) mass is 218 g/mol. The number of carbonyl (C=O) groups excluding carboxylic acids is 2. The van der Waals surface area contributed by atoms with Gasteiger partial charge in [0.05, 0.1) is 0 Å². The lowest BCUT2D eigenvalue weighted by atomic mass is 9.88. The smallest absolute Gasteiger partial charge is 0.229 e. The molecule has 2 rings (SSSR count). The van der Waals surface area contributed by atoms with E-state index in [1.165, 1.54) is 11.9 Å². The minimum absolute atomic E-state index is 0.0719. The van der Waals surface area contributed by atoms with Gasteiger partial charge in [0.15, 0.2) is 0 Å². The number of hydrogen-bond donors (Lipinski definition) is 1. The van der Waals surface area contributed by atoms with Crippen LogP contribution in [-0.4, -0.2) is 23.8 Å². The van der Waals surface area contributed by atoms with Gasteiger partial charge < -0.3 is 5.73 Å². The third-order valence-electron chi connectivity index (χ3n) is 3.03. The molecule has 1 saturated heterocycles. The molecule has 0 radical (unpaired) electrons. The molecule has 16 heavy (non-hydrogen) atoms. The average molecular weight is 218 g/mol. The van der Waals surface area contributed by atoms with Crippen molar-refractivity contribution in [1.29, 1.82) is 0 Å². The van der Waals surface area contributed by atoms with E-state index < -0.39 is 0 Å². The van der Waals surface area contributed by atoms with Crippen LogP contribution >= 0.6 is 0 Å². The van der Waals surface area contributed by atoms with Gasteiger partial charge in [0.1, 0.15) is 0 Å². The van der Waals surface area contributed by atoms with Gasteiger partial charge in [-0.3, -0.25) is 14.5 Å². The van der Waals surface area contributed by atoms with E-state index in [2.05, 4.69) is 0 Å². The normalized spacial score (nSPS) is 17.9. The summed E-state index contributed by atoms with van der Waals surface area (Å²) in [6, 6.07) is 7.39. The summed E-state index contributed by atoms with van der Waals surface area (Å²) in [5, 5.41) is 0. The van der Waals surface area contributed by atoms with Crippen molar-refractivity contribution in [2.24, 2.45) is 0 Å². The van der Waals surface area contributed by atoms with Gasteiger partial charge in [0.25, 0.3) is 0 Å². The Balaban J connectivity index is 2.27. The molecule has 1 aliphatic heterocycles. The third kappa shape index (κ3) is 1.78. The molecule has 1 fully saturated rings. The Morgan fingerprint density at radius 2 is 1.75 bits per heavy atom. The van der Waals surface area contributed by atoms with Crippen molar-refractivity contribution in [3.63, 3.8) is 0 Å². The van der Waals surface area contributed by atoms with Crippen LogP contribution in [0.15, 0.2) is 24.3 Å². The van der Waals surface area contributed by atoms with Gasteiger partial charge in [-0.1, -0.05) is 18.2 Å². The first kappa shape index (κ1) is 10.7. The first-order valence-electron chi connectivity index (χ1n) is 5.23. The van der Waals surface area contributed by atoms with Crippen molar-refractivity contribution in [1.82, 2.24) is 4.90 Å². The third-order valence-corrected chi connectivity index (χ3v) is 3.03. The average Bonchev–Trinajstić information content (AvgIpc) is 2.26. The Labute approximate surface area is 94.0 Å². The zero-order valence-corrected chi connectivity index (χ0v) is 9.14. The van der Waals surface area contributed by atoms with Gasteiger partial charge in [-0.2, -0.15) is 0 Å². The molecule has 0 spiro atoms. The highest BCUT2D eigenvalue weighted by atomic mass is 16.2. The van der Waals surface area contributed by atoms with E-state index in [0.29, 0.717) is 18.5 Å². The molecule has 0 aliphatic carbocycles. The topological polar surface area (TPSA) is 63.4 Å². The maximum atomic E-state index is 11.6. The zero-order chi connectivity index (χ0) is 11.7. The molecule has 0 aromatic heterocycles. The number of nitrogen functional groups attached to an aromatic ring is 1. The highest BCUT2D eigenvalue weighted by Crippen LogP contribution is 2.32. The first-order chi connectivity index (χ1) is 7.59. The number of hydrogen-bond acceptors (Lipinski definition) is 3. The molecule has 1 aromatic carbocycles. The Kier molecular flexibility index (Phi) is 2.64. The fourth-order valence-corrected chi connectivity index (χ4v) is 2.01. The first-order valence-corrected chi connectivity index (χ1v) is 5.23. The fraction of sp³-hybridized carbons (Fsp3) is 0.333. The number of benzene rings is 1. The van der Waals surface area contributed by atoms with E-state index in [-0.39, 0.29) is 17.7 Å². The number of anilines is 1. The summed E-state index contributed by atoms with van der Waals surface area (Å²) in [6.07, 6.45) is 0.715. The second-order valence-electron chi connectivity index (χ2n) is 4.08. The summed E-state index contributed by atoms with van der Waals surface area (Å²) in [7, 11) is 1.52. The maximum absolute atomic E-state index is 11.6. The summed E-state index contributed by atoms with van der Waals surface area (Å²) in [6.45, 7) is 0. The van der Waals surface area contributed by atoms with Gasteiger partial charge >= 0.3 is 0 Å². The van der Waals surface area contributed by atoms with E-state index in [1.807, 2.05) is 18.2 Å². The van der Waals surface area contributed by atoms with Crippen LogP contribution in [0, 0.1) is 0 Å². The van der Waals surface area contributed by atoms with Gasteiger partial charge in [0, 0.05) is 31.5 Å². The van der Waals surface area contributed by atoms with Crippen LogP contribution in [0.4, 0.5) is 5.69 Å². The standard InChI is InChI=1S/C12H14N2O2/c1-14-11(15)6-8(7-12(14)16)9-4-2-3-5-10(9)13/h2-5,8H,6-7,13H2,1H3. The summed E-state index contributed by atoms with van der Waals surface area (Å²) >= 11 is 0. The van der Waals surface area contributed by atoms with E-state index in [4.69, 9.17) is 5.73 Å². The lowest BCUT2D eigenvalue weighted by Gasteiger charge is -2.27. The number of imide groups is 1. The zero-order valence-electron chi connectivity index (χ0n) is 9.14. The number of carbonyl (C=O) groups is 2. The number of para-hydroxylation sites is 1. The maximum Gasteiger partial charge on any atom is 0.229 e. The summed E-state index contributed by atoms with van der Waals surface area (Å²) < 4.78 is 0. The summed E-state index contributed by atoms with van der Waals surface area (Å²) in [4.78, 5) is 24.3. The number of rotatable bonds is 1. The molecule has 4 nitrogen and oxygen atoms in total. The van der Waals surface area contributed by atoms with Gasteiger partial charge in [-0.05, 0) is 11.6 Å². The molecule has 0 atom stereocenters. The minimum atomic E-state index is -0.135. The molecule has 84 valence electrons. The van der Waals surface area contributed by atoms with Crippen molar-refractivity contribution < 1.29 is 9.59 Å². The van der Waals surface area contributed by atoms with Gasteiger partial charge in [-0.25, -0.2) is 0 Å². The SMILES string of the molecule is CN1C(=O)CC(c2ccccc2N)CC1=O. The number of likely N-dealkylation sites (tertiary alicyclic amines) is 1. The van der Waals surface area contributed by atoms with Crippen LogP contribution in [0.1, 0.15) is 24.3 Å². The van der Waals surface area contributed by atoms with E-state index in [1.54, 1.807) is 6.07 Å². The molecule has 1 aliphatic rings. The predicted molar refractivity (Wildman–Crippen MR) is 60.6 cm³/mol. The van der Waals surface area contributed by atoms with Crippen molar-refractivity contribution >= 4 is 17.5 Å². The lowest BCUT2D eigenvalue weighted by molar-refractivity contribution is -0.146. The summed E-state index contributed by atoms with van der Waals surface area (Å²) in [5.74, 6) is -0.341. The molecule has 0 saturated carbocycles. The molecule has 4 heteroatoms. The number of nitrogens with zero attached hydrogens (tertiary/aromatic N) is 1. The molecule has 0 unspecified atom stereocenters. The number of piperidine rings is 1. The Hall–Kier alpha value is -1.84. The number of nitrogens with two attached hydrogens (primary N) is 1. The van der Waals surface area contributed by atoms with Gasteiger partial charge in [-0.15, -0.1) is 0 Å². The van der Waals surface area contributed by atoms with Crippen molar-refractivity contribution in [3.05, 3.63) is 29.8 Å². The molecule has 0 bridgehead atoms. The highest BCUT2D eigenvalue weighted by molar-refractivity contribution is 5.98. The van der Waals surface area contributed by atoms with Crippen molar-refractivity contribution in [3.8, 4) is 0 Å². The lowest BCUT2D eigenvalue weighted by Crippen LogP contribution is -2.39. The molecule has 2 amide bonds. The number of amides is 2. The Bertz CT molecular complexity index is 424. The second-order valence-corrected chi connectivity index (χ2v) is 4.08. The van der Waals surface area contributed by atoms with Crippen LogP contribution in [0.25, 0.3) is 0 Å². The van der Waals surface area contributed by atoms with Gasteiger partial charge in [0.2, 0.25) is 11.8 Å². The van der Waals surface area contributed by atoms with Crippen molar-refractivity contribution in [2.45, 2.75) is 18.8 Å². The largest absolute Gasteiger partial charge is 0.398 e. The predicted octanol–water partition coefficient (Wildman–Crippen LogP) is 1.13. The highest BCUT2D eigenvalue weighted by Gasteiger charge is 2.31.